The van der Waals surface area contributed by atoms with Gasteiger partial charge in [0.2, 0.25) is 0 Å². The number of nitrogens with one attached hydrogen (secondary N) is 1. The fourth-order valence-corrected chi connectivity index (χ4v) is 2.88. The molecule has 0 heterocycles. The number of nitro groups is 1. The number of benzene rings is 1. The molecule has 0 atom stereocenters. The molecule has 7 nitrogen and oxygen atoms in total. The number of nitrogens with zero attached hydrogens (tertiary/aromatic N) is 1. The Kier molecular flexibility index (Phi) is 6.54. The largest absolute Gasteiger partial charge is 0.452 e. The molecule has 8 heteroatoms. The van der Waals surface area contributed by atoms with Gasteiger partial charge in [-0.2, -0.15) is 0 Å². The van der Waals surface area contributed by atoms with E-state index >= 15 is 0 Å². The molecule has 1 N–H and O–H groups in total. The Bertz CT molecular complexity index is 627. The Hall–Kier alpha value is -2.15. The number of nitro benzene ring substituents is 1. The first-order valence-electron chi connectivity index (χ1n) is 7.88. The number of carbonyl (C=O) groups is 2. The monoisotopic (exact) mass is 354 g/mol. The van der Waals surface area contributed by atoms with Crippen LogP contribution in [0.2, 0.25) is 5.02 Å². The SMILES string of the molecule is O=C(COC(=O)c1cc([N+](=O)[O-])ccc1Cl)NC1CCCCCC1. The van der Waals surface area contributed by atoms with Crippen LogP contribution in [0.5, 0.6) is 0 Å². The van der Waals surface area contributed by atoms with Gasteiger partial charge in [0.1, 0.15) is 0 Å². The Morgan fingerprint density at radius 3 is 2.54 bits per heavy atom. The van der Waals surface area contributed by atoms with Crippen molar-refractivity contribution in [1.82, 2.24) is 5.32 Å². The zero-order chi connectivity index (χ0) is 17.5. The van der Waals surface area contributed by atoms with Gasteiger partial charge >= 0.3 is 5.97 Å². The second-order valence-electron chi connectivity index (χ2n) is 5.75. The van der Waals surface area contributed by atoms with Gasteiger partial charge in [-0.15, -0.1) is 0 Å². The van der Waals surface area contributed by atoms with Crippen molar-refractivity contribution in [2.24, 2.45) is 0 Å². The predicted molar refractivity (Wildman–Crippen MR) is 88.0 cm³/mol. The van der Waals surface area contributed by atoms with E-state index in [4.69, 9.17) is 16.3 Å². The first-order chi connectivity index (χ1) is 11.5. The van der Waals surface area contributed by atoms with Crippen molar-refractivity contribution in [2.75, 3.05) is 6.61 Å². The van der Waals surface area contributed by atoms with Gasteiger partial charge in [0.15, 0.2) is 6.61 Å². The number of halogens is 1. The number of hydrogen-bond donors (Lipinski definition) is 1. The van der Waals surface area contributed by atoms with E-state index in [1.807, 2.05) is 0 Å². The lowest BCUT2D eigenvalue weighted by molar-refractivity contribution is -0.384. The number of amides is 1. The van der Waals surface area contributed by atoms with Crippen molar-refractivity contribution in [2.45, 2.75) is 44.6 Å². The lowest BCUT2D eigenvalue weighted by Crippen LogP contribution is -2.37. The molecule has 24 heavy (non-hydrogen) atoms. The van der Waals surface area contributed by atoms with E-state index < -0.39 is 17.5 Å². The summed E-state index contributed by atoms with van der Waals surface area (Å²) in [5, 5.41) is 13.6. The van der Waals surface area contributed by atoms with Crippen molar-refractivity contribution < 1.29 is 19.2 Å². The minimum absolute atomic E-state index is 0.0368. The van der Waals surface area contributed by atoms with Crippen LogP contribution in [-0.4, -0.2) is 29.4 Å². The van der Waals surface area contributed by atoms with E-state index in [-0.39, 0.29) is 28.2 Å². The average Bonchev–Trinajstić information content (AvgIpc) is 2.81. The van der Waals surface area contributed by atoms with E-state index in [0.717, 1.165) is 31.7 Å². The van der Waals surface area contributed by atoms with Crippen molar-refractivity contribution in [3.05, 3.63) is 38.9 Å². The summed E-state index contributed by atoms with van der Waals surface area (Å²) in [4.78, 5) is 34.0. The molecule has 0 aliphatic heterocycles. The summed E-state index contributed by atoms with van der Waals surface area (Å²) in [5.74, 6) is -1.24. The van der Waals surface area contributed by atoms with Crippen LogP contribution in [0.3, 0.4) is 0 Å². The molecular weight excluding hydrogens is 336 g/mol. The Labute approximate surface area is 144 Å². The van der Waals surface area contributed by atoms with Crippen LogP contribution in [0.15, 0.2) is 18.2 Å². The third-order valence-electron chi connectivity index (χ3n) is 3.94. The van der Waals surface area contributed by atoms with E-state index in [2.05, 4.69) is 5.32 Å². The van der Waals surface area contributed by atoms with Crippen LogP contribution in [0.25, 0.3) is 0 Å². The van der Waals surface area contributed by atoms with E-state index in [9.17, 15) is 19.7 Å². The highest BCUT2D eigenvalue weighted by Gasteiger charge is 2.19. The molecule has 130 valence electrons. The van der Waals surface area contributed by atoms with Crippen molar-refractivity contribution >= 4 is 29.2 Å². The van der Waals surface area contributed by atoms with Crippen LogP contribution >= 0.6 is 11.6 Å². The maximum atomic E-state index is 12.0. The predicted octanol–water partition coefficient (Wildman–Crippen LogP) is 3.24. The molecule has 1 aliphatic rings. The number of rotatable bonds is 5. The summed E-state index contributed by atoms with van der Waals surface area (Å²) < 4.78 is 4.92. The number of ether oxygens (including phenoxy) is 1. The summed E-state index contributed by atoms with van der Waals surface area (Å²) in [5.41, 5.74) is -0.401. The number of carbonyl (C=O) groups excluding carboxylic acids is 2. The second kappa shape index (κ2) is 8.63. The number of esters is 1. The highest BCUT2D eigenvalue weighted by Crippen LogP contribution is 2.23. The smallest absolute Gasteiger partial charge is 0.340 e. The van der Waals surface area contributed by atoms with Gasteiger partial charge in [0.25, 0.3) is 11.6 Å². The molecular formula is C16H19ClN2O5. The fourth-order valence-electron chi connectivity index (χ4n) is 2.69. The molecule has 1 saturated carbocycles. The zero-order valence-electron chi connectivity index (χ0n) is 13.1. The summed E-state index contributed by atoms with van der Waals surface area (Å²) in [6.45, 7) is -0.436. The Morgan fingerprint density at radius 1 is 1.25 bits per heavy atom. The molecule has 1 aromatic rings. The molecule has 0 spiro atoms. The maximum Gasteiger partial charge on any atom is 0.340 e. The Balaban J connectivity index is 1.89. The first kappa shape index (κ1) is 18.2. The quantitative estimate of drug-likeness (QED) is 0.379. The van der Waals surface area contributed by atoms with Crippen LogP contribution in [0.1, 0.15) is 48.9 Å². The lowest BCUT2D eigenvalue weighted by atomic mass is 10.1. The van der Waals surface area contributed by atoms with Gasteiger partial charge in [-0.05, 0) is 18.9 Å². The van der Waals surface area contributed by atoms with Gasteiger partial charge in [0, 0.05) is 18.2 Å². The van der Waals surface area contributed by atoms with Gasteiger partial charge in [-0.25, -0.2) is 4.79 Å². The number of non-ortho nitro benzene ring substituents is 1. The third kappa shape index (κ3) is 5.19. The van der Waals surface area contributed by atoms with Crippen molar-refractivity contribution in [3.63, 3.8) is 0 Å². The molecule has 0 saturated heterocycles. The van der Waals surface area contributed by atoms with Gasteiger partial charge in [-0.3, -0.25) is 14.9 Å². The second-order valence-corrected chi connectivity index (χ2v) is 6.16. The molecule has 0 radical (unpaired) electrons. The van der Waals surface area contributed by atoms with Crippen LogP contribution < -0.4 is 5.32 Å². The molecule has 1 aromatic carbocycles. The normalized spacial score (nSPS) is 15.4. The van der Waals surface area contributed by atoms with Crippen LogP contribution in [-0.2, 0) is 9.53 Å². The van der Waals surface area contributed by atoms with E-state index in [1.54, 1.807) is 0 Å². The summed E-state index contributed by atoms with van der Waals surface area (Å²) >= 11 is 5.86. The number of hydrogen-bond acceptors (Lipinski definition) is 5. The summed E-state index contributed by atoms with van der Waals surface area (Å²) in [7, 11) is 0. The van der Waals surface area contributed by atoms with Crippen LogP contribution in [0, 0.1) is 10.1 Å². The molecule has 0 aromatic heterocycles. The molecule has 1 fully saturated rings. The summed E-state index contributed by atoms with van der Waals surface area (Å²) in [6, 6.07) is 3.59. The molecule has 2 rings (SSSR count). The molecule has 1 aliphatic carbocycles. The van der Waals surface area contributed by atoms with Gasteiger partial charge in [-0.1, -0.05) is 37.3 Å². The van der Waals surface area contributed by atoms with E-state index in [0.29, 0.717) is 0 Å². The van der Waals surface area contributed by atoms with E-state index in [1.165, 1.54) is 25.0 Å². The maximum absolute atomic E-state index is 12.0. The minimum atomic E-state index is -0.861. The standard InChI is InChI=1S/C16H19ClN2O5/c17-14-8-7-12(19(22)23)9-13(14)16(21)24-10-15(20)18-11-5-3-1-2-4-6-11/h7-9,11H,1-6,10H2,(H,18,20). The fraction of sp³-hybridized carbons (Fsp3) is 0.500. The highest BCUT2D eigenvalue weighted by atomic mass is 35.5. The molecule has 0 unspecified atom stereocenters. The zero-order valence-corrected chi connectivity index (χ0v) is 13.9. The Morgan fingerprint density at radius 2 is 1.92 bits per heavy atom. The van der Waals surface area contributed by atoms with Crippen molar-refractivity contribution in [1.29, 1.82) is 0 Å². The molecule has 1 amide bonds. The van der Waals surface area contributed by atoms with Crippen molar-refractivity contribution in [3.8, 4) is 0 Å². The van der Waals surface area contributed by atoms with Gasteiger partial charge in [0.05, 0.1) is 15.5 Å². The molecule has 0 bridgehead atoms. The first-order valence-corrected chi connectivity index (χ1v) is 8.25. The highest BCUT2D eigenvalue weighted by molar-refractivity contribution is 6.33. The lowest BCUT2D eigenvalue weighted by Gasteiger charge is -2.16. The minimum Gasteiger partial charge on any atom is -0.452 e. The average molecular weight is 355 g/mol. The van der Waals surface area contributed by atoms with Crippen LogP contribution in [0.4, 0.5) is 5.69 Å². The topological polar surface area (TPSA) is 98.5 Å². The third-order valence-corrected chi connectivity index (χ3v) is 4.26. The summed E-state index contributed by atoms with van der Waals surface area (Å²) in [6.07, 6.45) is 6.36. The van der Waals surface area contributed by atoms with Gasteiger partial charge < -0.3 is 10.1 Å².